The fourth-order valence-electron chi connectivity index (χ4n) is 1.30. The topological polar surface area (TPSA) is 58.6 Å². The molecule has 0 aliphatic carbocycles. The van der Waals surface area contributed by atoms with Gasteiger partial charge in [-0.2, -0.15) is 0 Å². The van der Waals surface area contributed by atoms with E-state index in [4.69, 9.17) is 21.4 Å². The van der Waals surface area contributed by atoms with E-state index in [-0.39, 0.29) is 11.7 Å². The van der Waals surface area contributed by atoms with Crippen LogP contribution < -0.4 is 5.32 Å². The third kappa shape index (κ3) is 5.06. The van der Waals surface area contributed by atoms with Crippen molar-refractivity contribution in [3.8, 4) is 5.75 Å². The van der Waals surface area contributed by atoms with Crippen LogP contribution in [0.5, 0.6) is 5.75 Å². The minimum absolute atomic E-state index is 0.0735. The number of phenolic OH excluding ortho intramolecular Hbond substituents is 1. The van der Waals surface area contributed by atoms with Gasteiger partial charge in [0.2, 0.25) is 5.91 Å². The van der Waals surface area contributed by atoms with Crippen LogP contribution >= 0.6 is 11.6 Å². The van der Waals surface area contributed by atoms with Crippen molar-refractivity contribution in [1.82, 2.24) is 0 Å². The van der Waals surface area contributed by atoms with Gasteiger partial charge in [-0.05, 0) is 25.5 Å². The lowest BCUT2D eigenvalue weighted by Crippen LogP contribution is -2.12. The van der Waals surface area contributed by atoms with Crippen molar-refractivity contribution >= 4 is 23.2 Å². The number of anilines is 1. The van der Waals surface area contributed by atoms with E-state index in [2.05, 4.69) is 5.32 Å². The molecule has 1 amide bonds. The van der Waals surface area contributed by atoms with Gasteiger partial charge in [-0.3, -0.25) is 4.79 Å². The van der Waals surface area contributed by atoms with Crippen molar-refractivity contribution in [3.63, 3.8) is 0 Å². The number of benzene rings is 1. The number of rotatable bonds is 6. The molecule has 5 heteroatoms. The van der Waals surface area contributed by atoms with Crippen LogP contribution in [0.4, 0.5) is 5.69 Å². The number of aromatic hydroxyl groups is 1. The van der Waals surface area contributed by atoms with Gasteiger partial charge in [-0.1, -0.05) is 11.6 Å². The highest BCUT2D eigenvalue weighted by atomic mass is 35.5. The molecule has 4 nitrogen and oxygen atoms in total. The van der Waals surface area contributed by atoms with Crippen molar-refractivity contribution < 1.29 is 14.6 Å². The van der Waals surface area contributed by atoms with Crippen LogP contribution in [0.1, 0.15) is 19.8 Å². The zero-order chi connectivity index (χ0) is 12.7. The van der Waals surface area contributed by atoms with Crippen molar-refractivity contribution in [3.05, 3.63) is 23.2 Å². The zero-order valence-electron chi connectivity index (χ0n) is 9.70. The molecule has 0 bridgehead atoms. The molecule has 0 aliphatic heterocycles. The van der Waals surface area contributed by atoms with Crippen LogP contribution in [-0.4, -0.2) is 24.2 Å². The molecular weight excluding hydrogens is 242 g/mol. The number of nitrogens with one attached hydrogen (secondary N) is 1. The summed E-state index contributed by atoms with van der Waals surface area (Å²) >= 11 is 5.86. The molecule has 0 fully saturated rings. The van der Waals surface area contributed by atoms with Gasteiger partial charge in [0, 0.05) is 25.7 Å². The third-order valence-electron chi connectivity index (χ3n) is 2.12. The summed E-state index contributed by atoms with van der Waals surface area (Å²) in [5, 5.41) is 12.2. The molecular formula is C12H16ClNO3. The van der Waals surface area contributed by atoms with Crippen LogP contribution in [0.25, 0.3) is 0 Å². The molecule has 2 N–H and O–H groups in total. The highest BCUT2D eigenvalue weighted by Gasteiger charge is 2.06. The average Bonchev–Trinajstić information content (AvgIpc) is 2.28. The molecule has 1 rings (SSSR count). The average molecular weight is 258 g/mol. The molecule has 0 heterocycles. The largest absolute Gasteiger partial charge is 0.508 e. The summed E-state index contributed by atoms with van der Waals surface area (Å²) < 4.78 is 5.13. The summed E-state index contributed by atoms with van der Waals surface area (Å²) in [5.74, 6) is -0.0402. The Labute approximate surface area is 106 Å². The first-order valence-electron chi connectivity index (χ1n) is 5.49. The Morgan fingerprint density at radius 2 is 2.29 bits per heavy atom. The van der Waals surface area contributed by atoms with E-state index in [9.17, 15) is 4.79 Å². The summed E-state index contributed by atoms with van der Waals surface area (Å²) in [5.41, 5.74) is 0.505. The second-order valence-corrected chi connectivity index (χ2v) is 3.92. The van der Waals surface area contributed by atoms with Gasteiger partial charge >= 0.3 is 0 Å². The maximum absolute atomic E-state index is 11.5. The van der Waals surface area contributed by atoms with Gasteiger partial charge < -0.3 is 15.2 Å². The SMILES string of the molecule is CCOCCCC(=O)Nc1ccc(O)cc1Cl. The zero-order valence-corrected chi connectivity index (χ0v) is 10.5. The highest BCUT2D eigenvalue weighted by Crippen LogP contribution is 2.25. The number of phenols is 1. The molecule has 0 aliphatic rings. The summed E-state index contributed by atoms with van der Waals surface area (Å²) in [6, 6.07) is 4.43. The van der Waals surface area contributed by atoms with Crippen LogP contribution in [0.2, 0.25) is 5.02 Å². The molecule has 1 aromatic rings. The lowest BCUT2D eigenvalue weighted by atomic mass is 10.2. The predicted octanol–water partition coefficient (Wildman–Crippen LogP) is 2.80. The van der Waals surface area contributed by atoms with E-state index in [0.29, 0.717) is 36.8 Å². The smallest absolute Gasteiger partial charge is 0.224 e. The number of carbonyl (C=O) groups is 1. The summed E-state index contributed by atoms with van der Waals surface area (Å²) in [4.78, 5) is 11.5. The minimum atomic E-state index is -0.114. The normalized spacial score (nSPS) is 10.2. The van der Waals surface area contributed by atoms with E-state index in [1.54, 1.807) is 6.07 Å². The number of hydrogen-bond acceptors (Lipinski definition) is 3. The fraction of sp³-hybridized carbons (Fsp3) is 0.417. The number of amides is 1. The first kappa shape index (κ1) is 13.8. The van der Waals surface area contributed by atoms with Gasteiger partial charge in [0.25, 0.3) is 0 Å². The number of hydrogen-bond donors (Lipinski definition) is 2. The van der Waals surface area contributed by atoms with Gasteiger partial charge in [-0.25, -0.2) is 0 Å². The van der Waals surface area contributed by atoms with Gasteiger partial charge in [0.05, 0.1) is 10.7 Å². The second-order valence-electron chi connectivity index (χ2n) is 3.51. The lowest BCUT2D eigenvalue weighted by molar-refractivity contribution is -0.116. The minimum Gasteiger partial charge on any atom is -0.508 e. The highest BCUT2D eigenvalue weighted by molar-refractivity contribution is 6.33. The molecule has 0 spiro atoms. The molecule has 0 radical (unpaired) electrons. The predicted molar refractivity (Wildman–Crippen MR) is 67.5 cm³/mol. The maximum atomic E-state index is 11.5. The summed E-state index contributed by atoms with van der Waals surface area (Å²) in [7, 11) is 0. The molecule has 0 atom stereocenters. The van der Waals surface area contributed by atoms with Crippen molar-refractivity contribution in [2.24, 2.45) is 0 Å². The molecule has 1 aromatic carbocycles. The third-order valence-corrected chi connectivity index (χ3v) is 2.44. The van der Waals surface area contributed by atoms with Crippen molar-refractivity contribution in [2.75, 3.05) is 18.5 Å². The fourth-order valence-corrected chi connectivity index (χ4v) is 1.52. The quantitative estimate of drug-likeness (QED) is 0.609. The van der Waals surface area contributed by atoms with Crippen molar-refractivity contribution in [2.45, 2.75) is 19.8 Å². The van der Waals surface area contributed by atoms with E-state index >= 15 is 0 Å². The molecule has 0 saturated carbocycles. The van der Waals surface area contributed by atoms with Crippen LogP contribution in [0, 0.1) is 0 Å². The van der Waals surface area contributed by atoms with E-state index in [0.717, 1.165) is 0 Å². The second kappa shape index (κ2) is 7.14. The van der Waals surface area contributed by atoms with Gasteiger partial charge in [0.1, 0.15) is 5.75 Å². The first-order chi connectivity index (χ1) is 8.13. The van der Waals surface area contributed by atoms with E-state index < -0.39 is 0 Å². The summed E-state index contributed by atoms with van der Waals surface area (Å²) in [6.07, 6.45) is 1.06. The Balaban J connectivity index is 2.40. The Bertz CT molecular complexity index is 382. The Hall–Kier alpha value is -1.26. The van der Waals surface area contributed by atoms with Gasteiger partial charge in [0.15, 0.2) is 0 Å². The van der Waals surface area contributed by atoms with Crippen molar-refractivity contribution in [1.29, 1.82) is 0 Å². The standard InChI is InChI=1S/C12H16ClNO3/c1-2-17-7-3-4-12(16)14-11-6-5-9(15)8-10(11)13/h5-6,8,15H,2-4,7H2,1H3,(H,14,16). The Morgan fingerprint density at radius 1 is 1.53 bits per heavy atom. The van der Waals surface area contributed by atoms with E-state index in [1.807, 2.05) is 6.92 Å². The molecule has 17 heavy (non-hydrogen) atoms. The number of carbonyl (C=O) groups excluding carboxylic acids is 1. The van der Waals surface area contributed by atoms with Crippen LogP contribution in [0.15, 0.2) is 18.2 Å². The molecule has 94 valence electrons. The molecule has 0 unspecified atom stereocenters. The monoisotopic (exact) mass is 257 g/mol. The lowest BCUT2D eigenvalue weighted by Gasteiger charge is -2.07. The van der Waals surface area contributed by atoms with E-state index in [1.165, 1.54) is 12.1 Å². The first-order valence-corrected chi connectivity index (χ1v) is 5.87. The summed E-state index contributed by atoms with van der Waals surface area (Å²) in [6.45, 7) is 3.15. The van der Waals surface area contributed by atoms with Crippen LogP contribution in [0.3, 0.4) is 0 Å². The number of ether oxygens (including phenoxy) is 1. The van der Waals surface area contributed by atoms with Gasteiger partial charge in [-0.15, -0.1) is 0 Å². The number of halogens is 1. The molecule has 0 aromatic heterocycles. The Morgan fingerprint density at radius 3 is 2.94 bits per heavy atom. The Kier molecular flexibility index (Phi) is 5.80. The van der Waals surface area contributed by atoms with Crippen LogP contribution in [-0.2, 0) is 9.53 Å². The maximum Gasteiger partial charge on any atom is 0.224 e. The molecule has 0 saturated heterocycles.